The number of nitrogens with one attached hydrogen (secondary N) is 1. The third-order valence-corrected chi connectivity index (χ3v) is 5.01. The number of rotatable bonds is 7. The first-order chi connectivity index (χ1) is 15.0. The molecule has 0 atom stereocenters. The maximum Gasteiger partial charge on any atom is 0.324 e. The number of nitrogens with zero attached hydrogens (tertiary/aromatic N) is 3. The fraction of sp³-hybridized carbons (Fsp3) is 0.364. The summed E-state index contributed by atoms with van der Waals surface area (Å²) in [6.07, 6.45) is 1.22. The Labute approximate surface area is 179 Å². The largest absolute Gasteiger partial charge is 0.344 e. The molecule has 3 rings (SSSR count). The van der Waals surface area contributed by atoms with Crippen molar-refractivity contribution in [3.05, 3.63) is 59.9 Å². The highest BCUT2D eigenvalue weighted by atomic mass is 19.3. The molecule has 0 spiro atoms. The molecule has 1 aliphatic rings. The van der Waals surface area contributed by atoms with Gasteiger partial charge in [0, 0.05) is 30.5 Å². The van der Waals surface area contributed by atoms with E-state index in [-0.39, 0.29) is 18.1 Å². The van der Waals surface area contributed by atoms with Gasteiger partial charge in [0.15, 0.2) is 5.78 Å². The second kappa shape index (κ2) is 10.6. The van der Waals surface area contributed by atoms with Gasteiger partial charge in [0.05, 0.1) is 18.8 Å². The molecule has 1 N–H and O–H groups in total. The number of piperidine rings is 1. The topological polar surface area (TPSA) is 82.6 Å². The molecule has 0 bridgehead atoms. The van der Waals surface area contributed by atoms with Gasteiger partial charge in [-0.1, -0.05) is 18.2 Å². The van der Waals surface area contributed by atoms with Crippen LogP contribution in [-0.2, 0) is 11.3 Å². The lowest BCUT2D eigenvalue weighted by molar-refractivity contribution is -0.131. The highest BCUT2D eigenvalue weighted by Crippen LogP contribution is 2.20. The van der Waals surface area contributed by atoms with Gasteiger partial charge in [-0.25, -0.2) is 4.79 Å². The van der Waals surface area contributed by atoms with Crippen molar-refractivity contribution in [2.24, 2.45) is 0 Å². The summed E-state index contributed by atoms with van der Waals surface area (Å²) >= 11 is 0. The molecule has 3 amide bonds. The average molecular weight is 430 g/mol. The minimum atomic E-state index is -3.17. The summed E-state index contributed by atoms with van der Waals surface area (Å²) in [5, 5.41) is 1.88. The normalized spacial score (nSPS) is 13.7. The van der Waals surface area contributed by atoms with Crippen molar-refractivity contribution in [2.75, 3.05) is 24.5 Å². The molecule has 1 aromatic carbocycles. The van der Waals surface area contributed by atoms with Gasteiger partial charge in [-0.2, -0.15) is 8.78 Å². The van der Waals surface area contributed by atoms with E-state index in [1.807, 2.05) is 40.5 Å². The Morgan fingerprint density at radius 1 is 1.03 bits per heavy atom. The molecular weight excluding hydrogens is 406 g/mol. The predicted molar refractivity (Wildman–Crippen MR) is 111 cm³/mol. The number of alkyl halides is 2. The number of pyridine rings is 1. The van der Waals surface area contributed by atoms with Crippen LogP contribution >= 0.6 is 0 Å². The summed E-state index contributed by atoms with van der Waals surface area (Å²) in [4.78, 5) is 43.9. The molecule has 7 nitrogen and oxygen atoms in total. The Balaban J connectivity index is 1.70. The van der Waals surface area contributed by atoms with E-state index in [0.29, 0.717) is 18.8 Å². The van der Waals surface area contributed by atoms with Crippen LogP contribution in [0.2, 0.25) is 0 Å². The molecule has 9 heteroatoms. The number of halogens is 2. The number of amides is 3. The van der Waals surface area contributed by atoms with Crippen molar-refractivity contribution in [3.63, 3.8) is 0 Å². The van der Waals surface area contributed by atoms with E-state index in [0.717, 1.165) is 24.9 Å². The first-order valence-electron chi connectivity index (χ1n) is 10.1. The van der Waals surface area contributed by atoms with Crippen LogP contribution in [0.25, 0.3) is 0 Å². The van der Waals surface area contributed by atoms with E-state index in [2.05, 4.69) is 4.98 Å². The second-order valence-electron chi connectivity index (χ2n) is 7.23. The third-order valence-electron chi connectivity index (χ3n) is 5.01. The van der Waals surface area contributed by atoms with Crippen LogP contribution in [0.15, 0.2) is 48.7 Å². The Hall–Kier alpha value is -3.36. The van der Waals surface area contributed by atoms with Crippen LogP contribution < -0.4 is 10.2 Å². The standard InChI is InChI=1S/C22H24F2N4O3/c23-20(24)21(30)26-14-19(29)16-9-10-17(25-13-16)15-28(18-7-3-1-4-8-18)22(31)27-11-5-2-6-12-27/h1,3-4,7-10,13,20H,2,5-6,11-12,14-15H2,(H,26,30). The van der Waals surface area contributed by atoms with E-state index >= 15 is 0 Å². The SMILES string of the molecule is O=C(CNC(=O)C(F)F)c1ccc(CN(C(=O)N2CCCCC2)c2ccccc2)nc1. The molecule has 0 unspecified atom stereocenters. The highest BCUT2D eigenvalue weighted by molar-refractivity contribution is 5.99. The lowest BCUT2D eigenvalue weighted by Crippen LogP contribution is -2.45. The zero-order chi connectivity index (χ0) is 22.2. The quantitative estimate of drug-likeness (QED) is 0.684. The van der Waals surface area contributed by atoms with Crippen LogP contribution in [0.1, 0.15) is 35.3 Å². The molecule has 0 saturated carbocycles. The molecule has 0 aliphatic carbocycles. The molecule has 1 aliphatic heterocycles. The van der Waals surface area contributed by atoms with Crippen LogP contribution in [0, 0.1) is 0 Å². The summed E-state index contributed by atoms with van der Waals surface area (Å²) in [5.41, 5.74) is 1.50. The number of hydrogen-bond acceptors (Lipinski definition) is 4. The zero-order valence-corrected chi connectivity index (χ0v) is 17.0. The van der Waals surface area contributed by atoms with Crippen molar-refractivity contribution < 1.29 is 23.2 Å². The Morgan fingerprint density at radius 2 is 1.74 bits per heavy atom. The Bertz CT molecular complexity index is 901. The van der Waals surface area contributed by atoms with Crippen LogP contribution in [-0.4, -0.2) is 53.7 Å². The fourth-order valence-electron chi connectivity index (χ4n) is 3.32. The van der Waals surface area contributed by atoms with Gasteiger partial charge in [0.25, 0.3) is 5.91 Å². The number of Topliss-reactive ketones (excluding diaryl/α,β-unsaturated/α-hetero) is 1. The number of carbonyl (C=O) groups excluding carboxylic acids is 3. The first-order valence-corrected chi connectivity index (χ1v) is 10.1. The number of ketones is 1. The molecule has 2 aromatic rings. The smallest absolute Gasteiger partial charge is 0.324 e. The van der Waals surface area contributed by atoms with E-state index in [9.17, 15) is 23.2 Å². The number of hydrogen-bond donors (Lipinski definition) is 1. The van der Waals surface area contributed by atoms with Gasteiger partial charge in [-0.05, 0) is 43.5 Å². The third kappa shape index (κ3) is 6.07. The summed E-state index contributed by atoms with van der Waals surface area (Å²) in [7, 11) is 0. The van der Waals surface area contributed by atoms with Crippen molar-refractivity contribution in [3.8, 4) is 0 Å². The van der Waals surface area contributed by atoms with E-state index in [4.69, 9.17) is 0 Å². The van der Waals surface area contributed by atoms with Crippen molar-refractivity contribution in [2.45, 2.75) is 32.2 Å². The Morgan fingerprint density at radius 3 is 2.35 bits per heavy atom. The highest BCUT2D eigenvalue weighted by Gasteiger charge is 2.24. The zero-order valence-electron chi connectivity index (χ0n) is 17.0. The molecule has 1 fully saturated rings. The van der Waals surface area contributed by atoms with Crippen LogP contribution in [0.4, 0.5) is 19.3 Å². The number of benzene rings is 1. The monoisotopic (exact) mass is 430 g/mol. The van der Waals surface area contributed by atoms with Crippen molar-refractivity contribution >= 4 is 23.4 Å². The summed E-state index contributed by atoms with van der Waals surface area (Å²) < 4.78 is 24.4. The number of aromatic nitrogens is 1. The van der Waals surface area contributed by atoms with Crippen molar-refractivity contribution in [1.82, 2.24) is 15.2 Å². The fourth-order valence-corrected chi connectivity index (χ4v) is 3.32. The van der Waals surface area contributed by atoms with E-state index in [1.165, 1.54) is 12.3 Å². The van der Waals surface area contributed by atoms with E-state index in [1.54, 1.807) is 11.0 Å². The number of likely N-dealkylation sites (tertiary alicyclic amines) is 1. The predicted octanol–water partition coefficient (Wildman–Crippen LogP) is 3.26. The van der Waals surface area contributed by atoms with Crippen LogP contribution in [0.3, 0.4) is 0 Å². The van der Waals surface area contributed by atoms with Gasteiger partial charge < -0.3 is 10.2 Å². The molecule has 1 saturated heterocycles. The molecule has 31 heavy (non-hydrogen) atoms. The van der Waals surface area contributed by atoms with Crippen LogP contribution in [0.5, 0.6) is 0 Å². The lowest BCUT2D eigenvalue weighted by Gasteiger charge is -2.33. The maximum atomic E-state index is 13.2. The van der Waals surface area contributed by atoms with Crippen molar-refractivity contribution in [1.29, 1.82) is 0 Å². The minimum Gasteiger partial charge on any atom is -0.344 e. The summed E-state index contributed by atoms with van der Waals surface area (Å²) in [6, 6.07) is 12.3. The molecule has 0 radical (unpaired) electrons. The Kier molecular flexibility index (Phi) is 7.64. The number of anilines is 1. The molecule has 2 heterocycles. The lowest BCUT2D eigenvalue weighted by atomic mass is 10.1. The maximum absolute atomic E-state index is 13.2. The van der Waals surface area contributed by atoms with Gasteiger partial charge >= 0.3 is 12.5 Å². The second-order valence-corrected chi connectivity index (χ2v) is 7.23. The minimum absolute atomic E-state index is 0.0948. The van der Waals surface area contributed by atoms with Gasteiger partial charge in [-0.3, -0.25) is 19.5 Å². The number of carbonyl (C=O) groups is 3. The first kappa shape index (κ1) is 22.3. The number of para-hydroxylation sites is 1. The summed E-state index contributed by atoms with van der Waals surface area (Å²) in [5.74, 6) is -2.02. The number of urea groups is 1. The van der Waals surface area contributed by atoms with E-state index < -0.39 is 24.7 Å². The molecule has 1 aromatic heterocycles. The summed E-state index contributed by atoms with van der Waals surface area (Å²) in [6.45, 7) is 1.12. The molecular formula is C22H24F2N4O3. The van der Waals surface area contributed by atoms with Gasteiger partial charge in [0.1, 0.15) is 0 Å². The molecule has 164 valence electrons. The van der Waals surface area contributed by atoms with Gasteiger partial charge in [0.2, 0.25) is 0 Å². The average Bonchev–Trinajstić information content (AvgIpc) is 2.81. The van der Waals surface area contributed by atoms with Gasteiger partial charge in [-0.15, -0.1) is 0 Å².